The molecule has 10 nitrogen and oxygen atoms in total. The van der Waals surface area contributed by atoms with Gasteiger partial charge in [0.05, 0.1) is 23.8 Å². The number of nitrogens with one attached hydrogen (secondary N) is 1. The number of hydrogen-bond acceptors (Lipinski definition) is 8. The van der Waals surface area contributed by atoms with E-state index in [9.17, 15) is 18.8 Å². The van der Waals surface area contributed by atoms with Crippen LogP contribution in [0.25, 0.3) is 22.8 Å². The van der Waals surface area contributed by atoms with E-state index in [1.807, 2.05) is 36.9 Å². The van der Waals surface area contributed by atoms with Crippen LogP contribution in [0.15, 0.2) is 40.9 Å². The van der Waals surface area contributed by atoms with Gasteiger partial charge in [-0.15, -0.1) is 0 Å². The lowest BCUT2D eigenvalue weighted by molar-refractivity contribution is 0.178. The molecule has 1 aliphatic heterocycles. The highest BCUT2D eigenvalue weighted by molar-refractivity contribution is 7.89. The van der Waals surface area contributed by atoms with Crippen LogP contribution in [-0.2, 0) is 16.4 Å². The van der Waals surface area contributed by atoms with Gasteiger partial charge in [-0.25, -0.2) is 4.21 Å². The van der Waals surface area contributed by atoms with E-state index in [0.717, 1.165) is 23.2 Å². The van der Waals surface area contributed by atoms with Crippen LogP contribution >= 0.6 is 0 Å². The zero-order chi connectivity index (χ0) is 26.9. The average molecular weight is 539 g/mol. The topological polar surface area (TPSA) is 146 Å². The van der Waals surface area contributed by atoms with Gasteiger partial charge < -0.3 is 14.4 Å². The molecule has 1 aliphatic carbocycles. The Kier molecular flexibility index (Phi) is 7.49. The lowest BCUT2D eigenvalue weighted by Crippen LogP contribution is -2.35. The largest absolute Gasteiger partial charge is 0.490 e. The molecule has 0 spiro atoms. The van der Waals surface area contributed by atoms with E-state index in [2.05, 4.69) is 20.9 Å². The fourth-order valence-corrected chi connectivity index (χ4v) is 6.41. The van der Waals surface area contributed by atoms with Crippen LogP contribution < -0.4 is 9.46 Å². The van der Waals surface area contributed by atoms with Crippen LogP contribution in [0.2, 0.25) is 0 Å². The number of hydrogen-bond donors (Lipinski definition) is 2. The van der Waals surface area contributed by atoms with Gasteiger partial charge in [0, 0.05) is 30.8 Å². The Hall–Kier alpha value is -3.30. The van der Waals surface area contributed by atoms with Gasteiger partial charge in [-0.1, -0.05) is 23.4 Å². The standard InChI is InChI=1S/C27H31N5O5S/c1-17(2)36-25-9-6-18(14-19(25)15-28)27-29-26(30-37-27)23-5-3-4-22-21(23)7-8-24(22)31-38(34,35)13-12-32-11-10-20(33)16-32/h3-6,9,14,17,20,24,33H,7-8,10-13,16H2,1-2H3,(H,31,34,35)/p+1/t20-,24-/m0/s1. The number of β-amino-alcohol motifs (C(OH)–C–C–N with tert-alkyl or cyclic N) is 1. The molecule has 0 radical (unpaired) electrons. The van der Waals surface area contributed by atoms with Crippen molar-refractivity contribution < 1.29 is 22.8 Å². The molecule has 1 aromatic heterocycles. The molecule has 3 aromatic rings. The molecule has 3 atom stereocenters. The molecule has 0 amide bonds. The van der Waals surface area contributed by atoms with E-state index in [1.54, 1.807) is 18.2 Å². The van der Waals surface area contributed by atoms with Crippen molar-refractivity contribution in [1.82, 2.24) is 19.8 Å². The molecule has 38 heavy (non-hydrogen) atoms. The van der Waals surface area contributed by atoms with Crippen LogP contribution in [0.1, 0.15) is 49.4 Å². The summed E-state index contributed by atoms with van der Waals surface area (Å²) in [5.41, 5.74) is 3.80. The van der Waals surface area contributed by atoms with Gasteiger partial charge in [0.1, 0.15) is 17.6 Å². The van der Waals surface area contributed by atoms with E-state index >= 15 is 0 Å². The van der Waals surface area contributed by atoms with Crippen LogP contribution in [-0.4, -0.2) is 66.2 Å². The van der Waals surface area contributed by atoms with Gasteiger partial charge in [-0.3, -0.25) is 4.90 Å². The first kappa shape index (κ1) is 26.3. The van der Waals surface area contributed by atoms with E-state index in [1.165, 1.54) is 0 Å². The van der Waals surface area contributed by atoms with Gasteiger partial charge in [-0.2, -0.15) is 19.2 Å². The molecule has 2 heterocycles. The van der Waals surface area contributed by atoms with Gasteiger partial charge in [0.15, 0.2) is 0 Å². The molecule has 0 bridgehead atoms. The summed E-state index contributed by atoms with van der Waals surface area (Å²) in [4.78, 5) is 6.61. The maximum atomic E-state index is 12.9. The Morgan fingerprint density at radius 2 is 2.18 bits per heavy atom. The monoisotopic (exact) mass is 538 g/mol. The predicted molar refractivity (Wildman–Crippen MR) is 142 cm³/mol. The first-order valence-corrected chi connectivity index (χ1v) is 14.5. The second-order valence-corrected chi connectivity index (χ2v) is 12.0. The minimum atomic E-state index is -3.25. The second-order valence-electron chi connectivity index (χ2n) is 10.1. The molecule has 0 saturated carbocycles. The van der Waals surface area contributed by atoms with Crippen LogP contribution in [0.3, 0.4) is 0 Å². The van der Waals surface area contributed by atoms with Crippen molar-refractivity contribution in [3.05, 3.63) is 53.1 Å². The van der Waals surface area contributed by atoms with Crippen molar-refractivity contribution in [2.24, 2.45) is 0 Å². The zero-order valence-corrected chi connectivity index (χ0v) is 22.3. The Labute approximate surface area is 222 Å². The highest BCUT2D eigenvalue weighted by atomic mass is 32.2. The molecule has 3 N–H and O–H groups in total. The first-order chi connectivity index (χ1) is 18.2. The molecule has 5 rings (SSSR count). The summed E-state index contributed by atoms with van der Waals surface area (Å²) in [5, 5.41) is 23.4. The smallest absolute Gasteiger partial charge is 0.344 e. The van der Waals surface area contributed by atoms with E-state index in [0.29, 0.717) is 60.9 Å². The molecule has 1 unspecified atom stereocenters. The third-order valence-corrected chi connectivity index (χ3v) is 8.29. The fourth-order valence-electron chi connectivity index (χ4n) is 5.09. The van der Waals surface area contributed by atoms with Crippen LogP contribution in [0.4, 0.5) is 0 Å². The average Bonchev–Trinajstić information content (AvgIpc) is 3.63. The van der Waals surface area contributed by atoms with Gasteiger partial charge >= 0.3 is 10.0 Å². The number of nitrogens with zero attached hydrogens (tertiary/aromatic N) is 4. The van der Waals surface area contributed by atoms with E-state index in [4.69, 9.17) is 9.26 Å². The SMILES string of the molecule is CC(C)Oc1ccc(-c2nc(-c3cccc4c3CC[C@@H]4NS(=O)(=[OH+])CCN3CC[C@H](O)C3)no2)cc1C#N. The number of benzene rings is 2. The van der Waals surface area contributed by atoms with E-state index in [-0.39, 0.29) is 24.0 Å². The third kappa shape index (κ3) is 5.73. The Balaban J connectivity index is 1.32. The van der Waals surface area contributed by atoms with Gasteiger partial charge in [-0.05, 0) is 62.4 Å². The highest BCUT2D eigenvalue weighted by Gasteiger charge is 2.32. The number of rotatable bonds is 9. The van der Waals surface area contributed by atoms with Crippen molar-refractivity contribution in [2.45, 2.75) is 51.4 Å². The summed E-state index contributed by atoms with van der Waals surface area (Å²) >= 11 is 0. The van der Waals surface area contributed by atoms with Crippen molar-refractivity contribution in [3.63, 3.8) is 0 Å². The van der Waals surface area contributed by atoms with Gasteiger partial charge in [0.25, 0.3) is 5.89 Å². The molecular weight excluding hydrogens is 506 g/mol. The summed E-state index contributed by atoms with van der Waals surface area (Å²) in [6.45, 7) is 5.55. The fraction of sp³-hybridized carbons (Fsp3) is 0.444. The molecule has 1 saturated heterocycles. The quantitative estimate of drug-likeness (QED) is 0.395. The minimum Gasteiger partial charge on any atom is -0.490 e. The molecule has 2 aliphatic rings. The first-order valence-electron chi connectivity index (χ1n) is 12.8. The zero-order valence-electron chi connectivity index (χ0n) is 21.5. The number of ether oxygens (including phenoxy) is 1. The predicted octanol–water partition coefficient (Wildman–Crippen LogP) is 3.19. The number of likely N-dealkylation sites (tertiary alicyclic amines) is 1. The van der Waals surface area contributed by atoms with Crippen molar-refractivity contribution in [3.8, 4) is 34.7 Å². The number of nitriles is 1. The number of aliphatic hydroxyl groups is 1. The molecular formula is C27H32N5O5S+. The number of aliphatic hydroxyl groups excluding tert-OH is 1. The van der Waals surface area contributed by atoms with Crippen molar-refractivity contribution in [1.29, 1.82) is 5.26 Å². The molecule has 200 valence electrons. The van der Waals surface area contributed by atoms with Crippen molar-refractivity contribution >= 4 is 10.0 Å². The number of aromatic nitrogens is 2. The summed E-state index contributed by atoms with van der Waals surface area (Å²) in [5.74, 6) is 1.33. The van der Waals surface area contributed by atoms with Crippen LogP contribution in [0, 0.1) is 11.3 Å². The van der Waals surface area contributed by atoms with Gasteiger partial charge in [0.2, 0.25) is 5.82 Å². The maximum Gasteiger partial charge on any atom is 0.344 e. The summed E-state index contributed by atoms with van der Waals surface area (Å²) < 4.78 is 37.7. The van der Waals surface area contributed by atoms with E-state index < -0.39 is 10.0 Å². The van der Waals surface area contributed by atoms with Crippen LogP contribution in [0.5, 0.6) is 5.75 Å². The lowest BCUT2D eigenvalue weighted by Gasteiger charge is -2.15. The van der Waals surface area contributed by atoms with Crippen molar-refractivity contribution in [2.75, 3.05) is 25.4 Å². The normalized spacial score (nSPS) is 20.8. The Morgan fingerprint density at radius 1 is 1.34 bits per heavy atom. The third-order valence-electron chi connectivity index (χ3n) is 6.91. The molecule has 11 heteroatoms. The Bertz CT molecular complexity index is 1460. The lowest BCUT2D eigenvalue weighted by atomic mass is 10.0. The maximum absolute atomic E-state index is 12.9. The summed E-state index contributed by atoms with van der Waals surface area (Å²) in [6, 6.07) is 12.9. The molecule has 2 aromatic carbocycles. The molecule has 1 fully saturated rings. The highest BCUT2D eigenvalue weighted by Crippen LogP contribution is 2.38. The summed E-state index contributed by atoms with van der Waals surface area (Å²) in [7, 11) is -3.25. The minimum absolute atomic E-state index is 0.0558. The summed E-state index contributed by atoms with van der Waals surface area (Å²) in [6.07, 6.45) is 1.68. The second kappa shape index (κ2) is 10.8. The number of fused-ring (bicyclic) bond motifs is 1. The Morgan fingerprint density at radius 3 is 2.92 bits per heavy atom.